The highest BCUT2D eigenvalue weighted by Gasteiger charge is 2.79. The Morgan fingerprint density at radius 2 is 1.90 bits per heavy atom. The highest BCUT2D eigenvalue weighted by molar-refractivity contribution is 7.76. The number of Topliss-reactive ketones (excluding diaryl/α,β-unsaturated/α-hetero) is 1. The van der Waals surface area contributed by atoms with Crippen LogP contribution in [-0.2, 0) is 25.7 Å². The van der Waals surface area contributed by atoms with E-state index < -0.39 is 69.9 Å². The number of carbonyl (C=O) groups is 2. The molecule has 9 nitrogen and oxygen atoms in total. The van der Waals surface area contributed by atoms with E-state index in [1.165, 1.54) is 18.2 Å². The molecule has 40 heavy (non-hydrogen) atoms. The van der Waals surface area contributed by atoms with Gasteiger partial charge in [-0.05, 0) is 62.0 Å². The molecule has 0 radical (unpaired) electrons. The van der Waals surface area contributed by atoms with Crippen molar-refractivity contribution in [3.63, 3.8) is 0 Å². The van der Waals surface area contributed by atoms with Gasteiger partial charge in [0.15, 0.2) is 22.8 Å². The molecule has 1 saturated heterocycles. The van der Waals surface area contributed by atoms with E-state index in [2.05, 4.69) is 5.14 Å². The van der Waals surface area contributed by atoms with Gasteiger partial charge in [0, 0.05) is 33.9 Å². The first-order valence-electron chi connectivity index (χ1n) is 13.2. The Morgan fingerprint density at radius 3 is 2.52 bits per heavy atom. The summed E-state index contributed by atoms with van der Waals surface area (Å²) in [5, 5.41) is 27.2. The zero-order valence-corrected chi connectivity index (χ0v) is 23.0. The number of carbonyl (C=O) groups excluding carboxylic acids is 2. The van der Waals surface area contributed by atoms with Crippen LogP contribution in [0.2, 0.25) is 0 Å². The number of rotatable bonds is 3. The van der Waals surface area contributed by atoms with E-state index in [1.54, 1.807) is 12.0 Å². The monoisotopic (exact) mass is 579 g/mol. The number of nitrogens with two attached hydrogens (primary N) is 1. The Balaban J connectivity index is 0.000000758. The van der Waals surface area contributed by atoms with Gasteiger partial charge in [-0.3, -0.25) is 28.8 Å². The Kier molecular flexibility index (Phi) is 7.20. The lowest BCUT2D eigenvalue weighted by atomic mass is 9.44. The largest absolute Gasteiger partial charge is 0.760 e. The van der Waals surface area contributed by atoms with Gasteiger partial charge in [0.05, 0.1) is 18.3 Å². The third-order valence-corrected chi connectivity index (χ3v) is 10.2. The molecule has 0 spiro atoms. The summed E-state index contributed by atoms with van der Waals surface area (Å²) in [7, 11) is 0. The third kappa shape index (κ3) is 3.83. The number of aliphatic hydroxyl groups is 2. The molecular weight excluding hydrogens is 546 g/mol. The van der Waals surface area contributed by atoms with Gasteiger partial charge >= 0.3 is 0 Å². The number of hydroxylamine groups is 1. The number of para-hydroxylation sites is 1. The van der Waals surface area contributed by atoms with Crippen LogP contribution in [0.3, 0.4) is 0 Å². The number of hydrogen-bond acceptors (Lipinski definition) is 8. The second-order valence-electron chi connectivity index (χ2n) is 11.9. The number of anilines is 1. The van der Waals surface area contributed by atoms with Crippen LogP contribution >= 0.6 is 0 Å². The van der Waals surface area contributed by atoms with Gasteiger partial charge < -0.3 is 14.8 Å². The molecule has 4 N–H and O–H groups in total. The highest BCUT2D eigenvalue weighted by Crippen LogP contribution is 2.72. The Labute approximate surface area is 233 Å². The maximum Gasteiger partial charge on any atom is 0.193 e. The molecule has 1 aromatic carbocycles. The molecule has 0 bridgehead atoms. The lowest BCUT2D eigenvalue weighted by Gasteiger charge is -2.63. The van der Waals surface area contributed by atoms with E-state index in [-0.39, 0.29) is 30.1 Å². The van der Waals surface area contributed by atoms with Gasteiger partial charge in [0.25, 0.3) is 0 Å². The van der Waals surface area contributed by atoms with Crippen molar-refractivity contribution in [2.24, 2.45) is 33.7 Å². The van der Waals surface area contributed by atoms with Crippen molar-refractivity contribution in [1.82, 2.24) is 0 Å². The van der Waals surface area contributed by atoms with Crippen LogP contribution in [0.5, 0.6) is 0 Å². The molecule has 12 heteroatoms. The van der Waals surface area contributed by atoms with Crippen molar-refractivity contribution >= 4 is 28.5 Å². The number of hydrogen-bond donors (Lipinski definition) is 3. The van der Waals surface area contributed by atoms with Crippen LogP contribution in [0.25, 0.3) is 0 Å². The van der Waals surface area contributed by atoms with Gasteiger partial charge in [0.2, 0.25) is 0 Å². The molecule has 1 unspecified atom stereocenters. The van der Waals surface area contributed by atoms with Crippen molar-refractivity contribution in [1.29, 1.82) is 0 Å². The van der Waals surface area contributed by atoms with Crippen molar-refractivity contribution in [2.45, 2.75) is 56.7 Å². The molecule has 1 aromatic rings. The minimum Gasteiger partial charge on any atom is -0.760 e. The number of benzene rings is 1. The van der Waals surface area contributed by atoms with E-state index in [1.807, 2.05) is 37.3 Å². The van der Waals surface area contributed by atoms with Crippen LogP contribution in [0.1, 0.15) is 33.1 Å². The highest BCUT2D eigenvalue weighted by atomic mass is 32.2. The van der Waals surface area contributed by atoms with Gasteiger partial charge in [-0.2, -0.15) is 0 Å². The molecule has 5 aliphatic rings. The Morgan fingerprint density at radius 1 is 1.25 bits per heavy atom. The standard InChI is InChI=1S/C28H31F2NO5.H3NO2S/c1-25-9-8-18(33)11-21(25)22(29)12-20-19-10-16-14-31(17-6-4-3-5-7-17)36-28(16,24(35)15-32)26(19,2)13-23(34)27(20,25)30;1-4(2)3/h3-9,11,16,19-20,22-23,32,34H,10,12-15H2,1-2H3;1H2,(H,2,3)/p-1/t16-,19-,20-,22-,23-,25-,26-,27-,28-;/m0./s1. The van der Waals surface area contributed by atoms with Crippen LogP contribution in [0, 0.1) is 28.6 Å². The van der Waals surface area contributed by atoms with Crippen LogP contribution < -0.4 is 10.2 Å². The van der Waals surface area contributed by atoms with Crippen molar-refractivity contribution in [3.05, 3.63) is 54.1 Å². The number of allylic oxidation sites excluding steroid dienone is 4. The second kappa shape index (κ2) is 9.88. The summed E-state index contributed by atoms with van der Waals surface area (Å²) < 4.78 is 50.5. The zero-order chi connectivity index (χ0) is 29.3. The van der Waals surface area contributed by atoms with Gasteiger partial charge in [-0.1, -0.05) is 31.2 Å². The fourth-order valence-electron chi connectivity index (χ4n) is 8.61. The molecule has 6 rings (SSSR count). The molecule has 218 valence electrons. The number of ketones is 2. The van der Waals surface area contributed by atoms with Crippen LogP contribution in [0.4, 0.5) is 14.5 Å². The maximum atomic E-state index is 17.4. The van der Waals surface area contributed by atoms with E-state index >= 15 is 8.78 Å². The van der Waals surface area contributed by atoms with Crippen molar-refractivity contribution in [3.8, 4) is 0 Å². The number of halogens is 2. The number of nitrogens with zero attached hydrogens (tertiary/aromatic N) is 1. The van der Waals surface area contributed by atoms with Crippen LogP contribution in [-0.4, -0.2) is 67.2 Å². The van der Waals surface area contributed by atoms with Gasteiger partial charge in [-0.25, -0.2) is 8.78 Å². The quantitative estimate of drug-likeness (QED) is 0.460. The number of alkyl halides is 2. The molecule has 0 aromatic heterocycles. The fraction of sp³-hybridized carbons (Fsp3) is 0.571. The number of fused-ring (bicyclic) bond motifs is 7. The molecule has 10 atom stereocenters. The molecular formula is C28H33F2N2O7S-. The zero-order valence-electron chi connectivity index (χ0n) is 22.2. The lowest BCUT2D eigenvalue weighted by molar-refractivity contribution is -0.228. The topological polar surface area (TPSA) is 153 Å². The summed E-state index contributed by atoms with van der Waals surface area (Å²) in [6.07, 6.45) is 0.891. The van der Waals surface area contributed by atoms with Crippen molar-refractivity contribution in [2.75, 3.05) is 18.2 Å². The van der Waals surface area contributed by atoms with E-state index in [0.717, 1.165) is 5.69 Å². The smallest absolute Gasteiger partial charge is 0.193 e. The SMILES string of the molecule is C[C@]12C=CC(=O)C=C1[C@@H](F)C[C@H]1[C@@H]3C[C@H]4CN(c5ccccc5)O[C@@]4(C(=O)CO)[C@@]3(C)C[C@H](O)[C@@]12F.NS(=O)[O-]. The first kappa shape index (κ1) is 29.2. The van der Waals surface area contributed by atoms with Crippen molar-refractivity contribution < 1.29 is 42.2 Å². The predicted molar refractivity (Wildman–Crippen MR) is 140 cm³/mol. The average Bonchev–Trinajstić information content (AvgIpc) is 3.40. The molecule has 4 fully saturated rings. The molecule has 1 aliphatic heterocycles. The van der Waals surface area contributed by atoms with E-state index in [9.17, 15) is 19.8 Å². The Bertz CT molecular complexity index is 1290. The van der Waals surface area contributed by atoms with Gasteiger partial charge in [-0.15, -0.1) is 0 Å². The maximum absolute atomic E-state index is 17.4. The van der Waals surface area contributed by atoms with Crippen LogP contribution in [0.15, 0.2) is 54.1 Å². The lowest BCUT2D eigenvalue weighted by Crippen LogP contribution is -2.70. The summed E-state index contributed by atoms with van der Waals surface area (Å²) in [5.41, 5.74) is -5.37. The van der Waals surface area contributed by atoms with Gasteiger partial charge in [0.1, 0.15) is 12.8 Å². The molecule has 4 aliphatic carbocycles. The third-order valence-electron chi connectivity index (χ3n) is 10.2. The molecule has 3 saturated carbocycles. The summed E-state index contributed by atoms with van der Waals surface area (Å²) in [6.45, 7) is 3.00. The summed E-state index contributed by atoms with van der Waals surface area (Å²) >= 11 is -2.36. The minimum absolute atomic E-state index is 0.0715. The average molecular weight is 580 g/mol. The summed E-state index contributed by atoms with van der Waals surface area (Å²) in [6, 6.07) is 9.31. The summed E-state index contributed by atoms with van der Waals surface area (Å²) in [4.78, 5) is 31.9. The summed E-state index contributed by atoms with van der Waals surface area (Å²) in [5.74, 6) is -2.62. The molecule has 0 amide bonds. The minimum atomic E-state index is -2.36. The fourth-order valence-corrected chi connectivity index (χ4v) is 8.61. The normalized spacial score (nSPS) is 43.9. The second-order valence-corrected chi connectivity index (χ2v) is 12.4. The van der Waals surface area contributed by atoms with E-state index in [0.29, 0.717) is 13.0 Å². The number of aliphatic hydroxyl groups excluding tert-OH is 2. The molecule has 1 heterocycles. The first-order valence-corrected chi connectivity index (χ1v) is 14.4. The first-order chi connectivity index (χ1) is 18.8. The predicted octanol–water partition coefficient (Wildman–Crippen LogP) is 2.02. The Hall–Kier alpha value is -2.35. The van der Waals surface area contributed by atoms with E-state index in [4.69, 9.17) is 13.6 Å².